The molecule has 10 heteroatoms. The van der Waals surface area contributed by atoms with Crippen LogP contribution in [0.25, 0.3) is 0 Å². The van der Waals surface area contributed by atoms with Crippen LogP contribution in [-0.4, -0.2) is 31.8 Å². The molecule has 2 aromatic rings. The fourth-order valence-corrected chi connectivity index (χ4v) is 3.41. The summed E-state index contributed by atoms with van der Waals surface area (Å²) >= 11 is 0. The molecule has 0 amide bonds. The third kappa shape index (κ3) is 3.11. The minimum absolute atomic E-state index is 0.0663. The lowest BCUT2D eigenvalue weighted by Gasteiger charge is -2.13. The van der Waals surface area contributed by atoms with Gasteiger partial charge in [0.2, 0.25) is 0 Å². The smallest absolute Gasteiger partial charge is 0.338 e. The van der Waals surface area contributed by atoms with Crippen molar-refractivity contribution in [3.63, 3.8) is 0 Å². The zero-order valence-corrected chi connectivity index (χ0v) is 13.2. The Morgan fingerprint density at radius 3 is 2.52 bits per heavy atom. The number of aromatic nitrogens is 1. The summed E-state index contributed by atoms with van der Waals surface area (Å²) in [5.41, 5.74) is -0.742. The molecular weight excluding hydrogens is 331 g/mol. The summed E-state index contributed by atoms with van der Waals surface area (Å²) in [4.78, 5) is 10.7. The number of hydrogen-bond acceptors (Lipinski definition) is 6. The maximum Gasteiger partial charge on any atom is 0.338 e. The van der Waals surface area contributed by atoms with Crippen molar-refractivity contribution < 1.29 is 32.0 Å². The second-order valence-corrected chi connectivity index (χ2v) is 6.22. The van der Waals surface area contributed by atoms with E-state index in [-0.39, 0.29) is 27.8 Å². The maximum atomic E-state index is 13.8. The van der Waals surface area contributed by atoms with Crippen molar-refractivity contribution in [3.05, 3.63) is 35.0 Å². The highest BCUT2D eigenvalue weighted by atomic mass is 32.2. The van der Waals surface area contributed by atoms with Crippen LogP contribution in [0, 0.1) is 19.7 Å². The predicted molar refractivity (Wildman–Crippen MR) is 76.7 cm³/mol. The summed E-state index contributed by atoms with van der Waals surface area (Å²) in [6, 6.07) is 1.63. The number of sulfonamides is 1. The molecule has 2 rings (SSSR count). The molecule has 1 aromatic heterocycles. The van der Waals surface area contributed by atoms with Gasteiger partial charge < -0.3 is 14.4 Å². The number of carboxylic acids is 1. The van der Waals surface area contributed by atoms with Gasteiger partial charge in [-0.25, -0.2) is 17.6 Å². The van der Waals surface area contributed by atoms with E-state index in [1.54, 1.807) is 0 Å². The second kappa shape index (κ2) is 5.88. The number of nitrogens with one attached hydrogen (secondary N) is 1. The molecule has 0 aliphatic carbocycles. The second-order valence-electron chi connectivity index (χ2n) is 4.60. The highest BCUT2D eigenvalue weighted by molar-refractivity contribution is 7.92. The number of nitrogens with zero attached hydrogens (tertiary/aromatic N) is 1. The van der Waals surface area contributed by atoms with Crippen LogP contribution in [0.5, 0.6) is 5.75 Å². The molecule has 0 radical (unpaired) electrons. The van der Waals surface area contributed by atoms with E-state index in [0.29, 0.717) is 0 Å². The molecule has 0 saturated heterocycles. The van der Waals surface area contributed by atoms with Gasteiger partial charge >= 0.3 is 5.97 Å². The Labute approximate surface area is 130 Å². The lowest BCUT2D eigenvalue weighted by molar-refractivity contribution is 0.0691. The van der Waals surface area contributed by atoms with Crippen LogP contribution in [0.3, 0.4) is 0 Å². The highest BCUT2D eigenvalue weighted by Crippen LogP contribution is 2.31. The average Bonchev–Trinajstić information content (AvgIpc) is 2.78. The largest absolute Gasteiger partial charge is 0.495 e. The minimum Gasteiger partial charge on any atom is -0.495 e. The monoisotopic (exact) mass is 344 g/mol. The number of hydrogen-bond donors (Lipinski definition) is 2. The van der Waals surface area contributed by atoms with E-state index in [4.69, 9.17) is 14.4 Å². The van der Waals surface area contributed by atoms with E-state index < -0.39 is 27.4 Å². The quantitative estimate of drug-likeness (QED) is 0.850. The number of methoxy groups -OCH3 is 1. The molecule has 0 unspecified atom stereocenters. The molecule has 0 spiro atoms. The van der Waals surface area contributed by atoms with Crippen molar-refractivity contribution in [2.75, 3.05) is 11.8 Å². The molecule has 0 atom stereocenters. The van der Waals surface area contributed by atoms with E-state index in [9.17, 15) is 17.6 Å². The number of halogens is 1. The van der Waals surface area contributed by atoms with Crippen LogP contribution >= 0.6 is 0 Å². The number of ether oxygens (including phenoxy) is 1. The number of aryl methyl sites for hydroxylation is 2. The minimum atomic E-state index is -4.11. The van der Waals surface area contributed by atoms with E-state index >= 15 is 0 Å². The van der Waals surface area contributed by atoms with E-state index in [1.807, 2.05) is 0 Å². The average molecular weight is 344 g/mol. The first-order chi connectivity index (χ1) is 10.7. The van der Waals surface area contributed by atoms with Crippen molar-refractivity contribution in [1.29, 1.82) is 0 Å². The van der Waals surface area contributed by atoms with Crippen molar-refractivity contribution in [3.8, 4) is 5.75 Å². The van der Waals surface area contributed by atoms with Crippen LogP contribution in [0.15, 0.2) is 21.6 Å². The zero-order valence-electron chi connectivity index (χ0n) is 12.4. The zero-order chi connectivity index (χ0) is 17.4. The number of benzene rings is 1. The molecule has 0 aliphatic heterocycles. The van der Waals surface area contributed by atoms with Crippen molar-refractivity contribution in [2.45, 2.75) is 18.7 Å². The van der Waals surface area contributed by atoms with Gasteiger partial charge in [0.15, 0.2) is 10.7 Å². The summed E-state index contributed by atoms with van der Waals surface area (Å²) in [6.07, 6.45) is 0. The number of rotatable bonds is 5. The Morgan fingerprint density at radius 2 is 2.04 bits per heavy atom. The first-order valence-electron chi connectivity index (χ1n) is 6.24. The Hall–Kier alpha value is -2.62. The molecule has 1 aromatic carbocycles. The summed E-state index contributed by atoms with van der Waals surface area (Å²) in [6.45, 7) is 2.86. The Kier molecular flexibility index (Phi) is 4.28. The molecule has 0 saturated carbocycles. The fraction of sp³-hybridized carbons (Fsp3) is 0.231. The summed E-state index contributed by atoms with van der Waals surface area (Å²) < 4.78 is 50.4. The first kappa shape index (κ1) is 16.7. The van der Waals surface area contributed by atoms with Gasteiger partial charge in [-0.1, -0.05) is 5.16 Å². The van der Waals surface area contributed by atoms with Gasteiger partial charge in [-0.05, 0) is 19.9 Å². The summed E-state index contributed by atoms with van der Waals surface area (Å²) in [5, 5.41) is 12.4. The molecule has 0 bridgehead atoms. The normalized spacial score (nSPS) is 11.3. The van der Waals surface area contributed by atoms with E-state index in [0.717, 1.165) is 12.1 Å². The SMILES string of the molecule is COc1cc(C(=O)O)c(F)cc1NS(=O)(=O)c1c(C)noc1C. The van der Waals surface area contributed by atoms with E-state index in [1.165, 1.54) is 21.0 Å². The first-order valence-corrected chi connectivity index (χ1v) is 7.72. The molecule has 1 heterocycles. The Balaban J connectivity index is 2.52. The number of anilines is 1. The molecule has 2 N–H and O–H groups in total. The lowest BCUT2D eigenvalue weighted by atomic mass is 10.2. The molecule has 8 nitrogen and oxygen atoms in total. The fourth-order valence-electron chi connectivity index (χ4n) is 2.02. The molecule has 0 fully saturated rings. The van der Waals surface area contributed by atoms with Crippen LogP contribution in [0.4, 0.5) is 10.1 Å². The van der Waals surface area contributed by atoms with Gasteiger partial charge in [0.1, 0.15) is 17.3 Å². The van der Waals surface area contributed by atoms with Gasteiger partial charge in [-0.2, -0.15) is 0 Å². The Bertz CT molecular complexity index is 855. The maximum absolute atomic E-state index is 13.8. The third-order valence-electron chi connectivity index (χ3n) is 3.00. The van der Waals surface area contributed by atoms with Gasteiger partial charge in [0.05, 0.1) is 18.4 Å². The van der Waals surface area contributed by atoms with E-state index in [2.05, 4.69) is 9.88 Å². The summed E-state index contributed by atoms with van der Waals surface area (Å²) in [5.74, 6) is -2.67. The lowest BCUT2D eigenvalue weighted by Crippen LogP contribution is -2.16. The summed E-state index contributed by atoms with van der Waals surface area (Å²) in [7, 11) is -2.91. The van der Waals surface area contributed by atoms with Crippen LogP contribution in [0.1, 0.15) is 21.8 Å². The van der Waals surface area contributed by atoms with Crippen molar-refractivity contribution in [2.24, 2.45) is 0 Å². The standard InChI is InChI=1S/C13H13FN2O6S/c1-6-12(7(2)22-15-6)23(19,20)16-10-5-9(14)8(13(17)18)4-11(10)21-3/h4-5,16H,1-3H3,(H,17,18). The molecule has 23 heavy (non-hydrogen) atoms. The van der Waals surface area contributed by atoms with Gasteiger partial charge in [0, 0.05) is 6.07 Å². The van der Waals surface area contributed by atoms with Crippen LogP contribution < -0.4 is 9.46 Å². The number of aromatic carboxylic acids is 1. The molecule has 0 aliphatic rings. The number of carbonyl (C=O) groups is 1. The predicted octanol–water partition coefficient (Wildman–Crippen LogP) is 1.94. The Morgan fingerprint density at radius 1 is 1.39 bits per heavy atom. The highest BCUT2D eigenvalue weighted by Gasteiger charge is 2.26. The van der Waals surface area contributed by atoms with Gasteiger partial charge in [-0.3, -0.25) is 4.72 Å². The van der Waals surface area contributed by atoms with Crippen LogP contribution in [0.2, 0.25) is 0 Å². The van der Waals surface area contributed by atoms with Gasteiger partial charge in [0.25, 0.3) is 10.0 Å². The molecule has 124 valence electrons. The number of carboxylic acid groups (broad SMARTS) is 1. The molecular formula is C13H13FN2O6S. The van der Waals surface area contributed by atoms with Gasteiger partial charge in [-0.15, -0.1) is 0 Å². The topological polar surface area (TPSA) is 119 Å². The van der Waals surface area contributed by atoms with Crippen molar-refractivity contribution in [1.82, 2.24) is 5.16 Å². The van der Waals surface area contributed by atoms with Crippen LogP contribution in [-0.2, 0) is 10.0 Å². The van der Waals surface area contributed by atoms with Crippen molar-refractivity contribution >= 4 is 21.7 Å². The third-order valence-corrected chi connectivity index (χ3v) is 4.61.